The smallest absolute Gasteiger partial charge is 0.269 e. The molecule has 4 aromatic rings. The molecule has 0 saturated carbocycles. The summed E-state index contributed by atoms with van der Waals surface area (Å²) in [5, 5.41) is 11.0. The van der Waals surface area contributed by atoms with Crippen molar-refractivity contribution in [2.24, 2.45) is 0 Å². The summed E-state index contributed by atoms with van der Waals surface area (Å²) in [7, 11) is 0. The predicted octanol–water partition coefficient (Wildman–Crippen LogP) is 5.31. The number of rotatable bonds is 11. The van der Waals surface area contributed by atoms with E-state index < -0.39 is 16.8 Å². The molecule has 190 valence electrons. The number of nitro groups is 1. The van der Waals surface area contributed by atoms with Crippen LogP contribution >= 0.6 is 0 Å². The number of carbonyl (C=O) groups excluding carboxylic acids is 1. The quantitative estimate of drug-likeness (QED) is 0.120. The first-order chi connectivity index (χ1) is 17.8. The molecule has 0 bridgehead atoms. The van der Waals surface area contributed by atoms with Crippen molar-refractivity contribution < 1.29 is 28.1 Å². The zero-order chi connectivity index (χ0) is 26.4. The summed E-state index contributed by atoms with van der Waals surface area (Å²) in [6, 6.07) is 19.0. The van der Waals surface area contributed by atoms with E-state index in [2.05, 4.69) is 0 Å². The highest BCUT2D eigenvalue weighted by Gasteiger charge is 2.23. The lowest BCUT2D eigenvalue weighted by Gasteiger charge is -2.22. The van der Waals surface area contributed by atoms with Crippen LogP contribution in [0.2, 0.25) is 0 Å². The lowest BCUT2D eigenvalue weighted by atomic mass is 10.1. The summed E-state index contributed by atoms with van der Waals surface area (Å²) < 4.78 is 29.1. The third kappa shape index (κ3) is 6.78. The first kappa shape index (κ1) is 25.6. The maximum atomic E-state index is 13.2. The van der Waals surface area contributed by atoms with Gasteiger partial charge < -0.3 is 9.47 Å². The van der Waals surface area contributed by atoms with Crippen LogP contribution in [-0.2, 0) is 13.1 Å². The first-order valence-corrected chi connectivity index (χ1v) is 11.8. The van der Waals surface area contributed by atoms with Gasteiger partial charge in [-0.25, -0.2) is 13.5 Å². The topological polar surface area (TPSA) is 87.5 Å². The van der Waals surface area contributed by atoms with Gasteiger partial charge in [-0.3, -0.25) is 14.9 Å². The number of non-ortho nitro benzene ring substituents is 1. The van der Waals surface area contributed by atoms with Crippen LogP contribution in [0.15, 0.2) is 91.5 Å². The zero-order valence-electron chi connectivity index (χ0n) is 20.5. The number of hydrogen-bond acceptors (Lipinski definition) is 5. The Balaban J connectivity index is 1.57. The van der Waals surface area contributed by atoms with Gasteiger partial charge in [0.2, 0.25) is 12.1 Å². The lowest BCUT2D eigenvalue weighted by molar-refractivity contribution is -0.682. The van der Waals surface area contributed by atoms with Gasteiger partial charge in [-0.05, 0) is 56.3 Å². The molecule has 0 spiro atoms. The molecule has 8 nitrogen and oxygen atoms in total. The average molecular weight is 505 g/mol. The molecule has 0 aliphatic heterocycles. The summed E-state index contributed by atoms with van der Waals surface area (Å²) >= 11 is 0. The van der Waals surface area contributed by atoms with Crippen molar-refractivity contribution >= 4 is 11.5 Å². The highest BCUT2D eigenvalue weighted by Crippen LogP contribution is 2.32. The molecule has 0 amide bonds. The van der Waals surface area contributed by atoms with Gasteiger partial charge in [-0.2, -0.15) is 0 Å². The van der Waals surface area contributed by atoms with Crippen LogP contribution in [-0.4, -0.2) is 21.4 Å². The van der Waals surface area contributed by atoms with E-state index in [1.807, 2.05) is 48.9 Å². The number of carbonyl (C=O) groups is 1. The molecular weight excluding hydrogens is 477 g/mol. The lowest BCUT2D eigenvalue weighted by Crippen LogP contribution is -2.36. The Kier molecular flexibility index (Phi) is 7.92. The largest absolute Gasteiger partial charge is 0.491 e. The standard InChI is InChI=1S/C28H27FN3O5/c1-20(2)36-27-6-4-3-5-25(27)28(37-24-13-11-23(12-14-24)32(34)35)18-31-16-15-30(19-31)17-26(33)21-7-9-22(29)10-8-21/h3-16,19-20,28H,17-18H2,1-2H3/q+1. The van der Waals surface area contributed by atoms with Crippen molar-refractivity contribution in [3.05, 3.63) is 119 Å². The number of imidazole rings is 1. The minimum atomic E-state index is -0.495. The fraction of sp³-hybridized carbons (Fsp3) is 0.214. The highest BCUT2D eigenvalue weighted by molar-refractivity contribution is 5.94. The molecule has 0 saturated heterocycles. The van der Waals surface area contributed by atoms with E-state index in [9.17, 15) is 19.3 Å². The maximum Gasteiger partial charge on any atom is 0.269 e. The number of hydrogen-bond donors (Lipinski definition) is 0. The second-order valence-electron chi connectivity index (χ2n) is 8.77. The average Bonchev–Trinajstić information content (AvgIpc) is 3.31. The van der Waals surface area contributed by atoms with Crippen molar-refractivity contribution in [3.63, 3.8) is 0 Å². The van der Waals surface area contributed by atoms with Gasteiger partial charge in [-0.1, -0.05) is 18.2 Å². The van der Waals surface area contributed by atoms with Crippen LogP contribution in [0.25, 0.3) is 0 Å². The first-order valence-electron chi connectivity index (χ1n) is 11.8. The van der Waals surface area contributed by atoms with Gasteiger partial charge in [0, 0.05) is 23.3 Å². The Labute approximate surface area is 213 Å². The van der Waals surface area contributed by atoms with E-state index in [0.717, 1.165) is 5.56 Å². The van der Waals surface area contributed by atoms with Crippen molar-refractivity contribution in [2.45, 2.75) is 39.1 Å². The summed E-state index contributed by atoms with van der Waals surface area (Å²) in [6.45, 7) is 4.36. The second-order valence-corrected chi connectivity index (χ2v) is 8.77. The van der Waals surface area contributed by atoms with Gasteiger partial charge in [0.05, 0.1) is 11.0 Å². The number of ether oxygens (including phenoxy) is 2. The molecule has 0 radical (unpaired) electrons. The third-order valence-electron chi connectivity index (χ3n) is 5.57. The molecular formula is C28H27FN3O5+. The monoisotopic (exact) mass is 504 g/mol. The number of para-hydroxylation sites is 1. The van der Waals surface area contributed by atoms with Crippen molar-refractivity contribution in [1.82, 2.24) is 4.57 Å². The fourth-order valence-corrected chi connectivity index (χ4v) is 3.84. The Morgan fingerprint density at radius 3 is 2.41 bits per heavy atom. The number of nitro benzene ring substituents is 1. The Morgan fingerprint density at radius 1 is 1.03 bits per heavy atom. The molecule has 1 unspecified atom stereocenters. The molecule has 0 aliphatic carbocycles. The minimum Gasteiger partial charge on any atom is -0.491 e. The van der Waals surface area contributed by atoms with Gasteiger partial charge in [0.1, 0.15) is 36.3 Å². The summed E-state index contributed by atoms with van der Waals surface area (Å²) in [5.74, 6) is 0.616. The molecule has 1 atom stereocenters. The molecule has 37 heavy (non-hydrogen) atoms. The molecule has 9 heteroatoms. The number of benzene rings is 3. The van der Waals surface area contributed by atoms with Gasteiger partial charge in [0.15, 0.2) is 12.6 Å². The summed E-state index contributed by atoms with van der Waals surface area (Å²) in [6.07, 6.45) is 4.86. The van der Waals surface area contributed by atoms with E-state index in [4.69, 9.17) is 9.47 Å². The third-order valence-corrected chi connectivity index (χ3v) is 5.57. The van der Waals surface area contributed by atoms with E-state index >= 15 is 0 Å². The Bertz CT molecular complexity index is 1370. The van der Waals surface area contributed by atoms with Crippen molar-refractivity contribution in [1.29, 1.82) is 0 Å². The number of nitrogens with zero attached hydrogens (tertiary/aromatic N) is 3. The normalized spacial score (nSPS) is 11.8. The fourth-order valence-electron chi connectivity index (χ4n) is 3.84. The van der Waals surface area contributed by atoms with E-state index in [1.165, 1.54) is 36.4 Å². The van der Waals surface area contributed by atoms with Crippen LogP contribution in [0.3, 0.4) is 0 Å². The molecule has 4 rings (SSSR count). The summed E-state index contributed by atoms with van der Waals surface area (Å²) in [5.41, 5.74) is 1.22. The van der Waals surface area contributed by atoms with Crippen LogP contribution in [0.4, 0.5) is 10.1 Å². The van der Waals surface area contributed by atoms with E-state index in [-0.39, 0.29) is 24.1 Å². The van der Waals surface area contributed by atoms with E-state index in [0.29, 0.717) is 23.6 Å². The number of aromatic nitrogens is 2. The number of Topliss-reactive ketones (excluding diaryl/α,β-unsaturated/α-hetero) is 1. The number of halogens is 1. The summed E-state index contributed by atoms with van der Waals surface area (Å²) in [4.78, 5) is 23.2. The molecule has 1 aromatic heterocycles. The van der Waals surface area contributed by atoms with Gasteiger partial charge >= 0.3 is 0 Å². The molecule has 0 fully saturated rings. The zero-order valence-corrected chi connectivity index (χ0v) is 20.5. The molecule has 1 heterocycles. The Morgan fingerprint density at radius 2 is 1.73 bits per heavy atom. The van der Waals surface area contributed by atoms with Gasteiger partial charge in [-0.15, -0.1) is 0 Å². The van der Waals surface area contributed by atoms with Crippen LogP contribution in [0, 0.1) is 15.9 Å². The molecule has 0 N–H and O–H groups in total. The van der Waals surface area contributed by atoms with Gasteiger partial charge in [0.25, 0.3) is 5.69 Å². The van der Waals surface area contributed by atoms with Crippen molar-refractivity contribution in [2.75, 3.05) is 0 Å². The van der Waals surface area contributed by atoms with Crippen molar-refractivity contribution in [3.8, 4) is 11.5 Å². The number of ketones is 1. The van der Waals surface area contributed by atoms with Crippen LogP contribution in [0.5, 0.6) is 11.5 Å². The Hall–Kier alpha value is -4.53. The minimum absolute atomic E-state index is 0.0234. The predicted molar refractivity (Wildman–Crippen MR) is 134 cm³/mol. The maximum absolute atomic E-state index is 13.2. The molecule has 3 aromatic carbocycles. The molecule has 0 aliphatic rings. The van der Waals surface area contributed by atoms with Crippen LogP contribution < -0.4 is 14.0 Å². The van der Waals surface area contributed by atoms with E-state index in [1.54, 1.807) is 29.2 Å². The van der Waals surface area contributed by atoms with Crippen LogP contribution in [0.1, 0.15) is 35.9 Å². The highest BCUT2D eigenvalue weighted by atomic mass is 19.1. The second kappa shape index (κ2) is 11.5. The SMILES string of the molecule is CC(C)Oc1ccccc1C(Cn1cc[n+](CC(=O)c2ccc(F)cc2)c1)Oc1ccc([N+](=O)[O-])cc1.